The van der Waals surface area contributed by atoms with Gasteiger partial charge in [-0.25, -0.2) is 0 Å². The van der Waals surface area contributed by atoms with Gasteiger partial charge in [-0.3, -0.25) is 9.59 Å². The highest BCUT2D eigenvalue weighted by Crippen LogP contribution is 2.26. The van der Waals surface area contributed by atoms with Crippen LogP contribution in [0.1, 0.15) is 19.3 Å². The van der Waals surface area contributed by atoms with Gasteiger partial charge in [0, 0.05) is 6.61 Å². The molecule has 0 aromatic heterocycles. The van der Waals surface area contributed by atoms with Crippen molar-refractivity contribution in [3.63, 3.8) is 0 Å². The third kappa shape index (κ3) is 3.02. The number of carboxylic acids is 2. The van der Waals surface area contributed by atoms with Gasteiger partial charge in [0.05, 0.1) is 18.9 Å². The van der Waals surface area contributed by atoms with E-state index >= 15 is 0 Å². The number of rotatable bonds is 4. The first kappa shape index (κ1) is 9.98. The molecule has 1 fully saturated rings. The molecule has 0 amide bonds. The Hall–Kier alpha value is -1.10. The third-order valence-corrected chi connectivity index (χ3v) is 2.16. The summed E-state index contributed by atoms with van der Waals surface area (Å²) in [5.74, 6) is -1.98. The van der Waals surface area contributed by atoms with Crippen molar-refractivity contribution in [2.45, 2.75) is 25.4 Å². The molecule has 0 radical (unpaired) electrons. The zero-order chi connectivity index (χ0) is 9.84. The van der Waals surface area contributed by atoms with E-state index in [1.807, 2.05) is 0 Å². The van der Waals surface area contributed by atoms with Gasteiger partial charge in [0.1, 0.15) is 0 Å². The summed E-state index contributed by atoms with van der Waals surface area (Å²) in [7, 11) is 0. The Kier molecular flexibility index (Phi) is 3.25. The topological polar surface area (TPSA) is 83.8 Å². The predicted octanol–water partition coefficient (Wildman–Crippen LogP) is 0.341. The average molecular weight is 188 g/mol. The van der Waals surface area contributed by atoms with Crippen molar-refractivity contribution >= 4 is 11.9 Å². The number of ether oxygens (including phenoxy) is 1. The van der Waals surface area contributed by atoms with Gasteiger partial charge >= 0.3 is 11.9 Å². The maximum Gasteiger partial charge on any atom is 0.305 e. The molecule has 0 bridgehead atoms. The zero-order valence-electron chi connectivity index (χ0n) is 7.10. The molecule has 5 heteroatoms. The second kappa shape index (κ2) is 4.23. The van der Waals surface area contributed by atoms with E-state index in [1.165, 1.54) is 0 Å². The fourth-order valence-corrected chi connectivity index (χ4v) is 1.55. The number of carboxylic acid groups (broad SMARTS) is 2. The molecule has 1 aliphatic rings. The van der Waals surface area contributed by atoms with Crippen molar-refractivity contribution in [3.05, 3.63) is 0 Å². The van der Waals surface area contributed by atoms with Gasteiger partial charge in [0.2, 0.25) is 0 Å². The molecule has 13 heavy (non-hydrogen) atoms. The van der Waals surface area contributed by atoms with E-state index in [4.69, 9.17) is 14.9 Å². The standard InChI is InChI=1S/C8H12O5/c9-7(10)3-5-1-2-13-6(5)4-8(11)12/h5-6H,1-4H2,(H,9,10)(H,11,12). The summed E-state index contributed by atoms with van der Waals surface area (Å²) in [6, 6.07) is 0. The summed E-state index contributed by atoms with van der Waals surface area (Å²) < 4.78 is 5.13. The van der Waals surface area contributed by atoms with Crippen LogP contribution >= 0.6 is 0 Å². The predicted molar refractivity (Wildman–Crippen MR) is 42.4 cm³/mol. The number of aliphatic carboxylic acids is 2. The van der Waals surface area contributed by atoms with E-state index in [1.54, 1.807) is 0 Å². The van der Waals surface area contributed by atoms with Crippen LogP contribution < -0.4 is 0 Å². The average Bonchev–Trinajstić information content (AvgIpc) is 2.34. The van der Waals surface area contributed by atoms with Crippen molar-refractivity contribution < 1.29 is 24.5 Å². The SMILES string of the molecule is O=C(O)CC1CCOC1CC(=O)O. The van der Waals surface area contributed by atoms with E-state index in [2.05, 4.69) is 0 Å². The van der Waals surface area contributed by atoms with Crippen LogP contribution in [0.3, 0.4) is 0 Å². The van der Waals surface area contributed by atoms with Crippen LogP contribution in [0.25, 0.3) is 0 Å². The van der Waals surface area contributed by atoms with Crippen molar-refractivity contribution in [2.24, 2.45) is 5.92 Å². The highest BCUT2D eigenvalue weighted by molar-refractivity contribution is 5.69. The molecule has 0 spiro atoms. The molecule has 2 atom stereocenters. The molecule has 74 valence electrons. The van der Waals surface area contributed by atoms with E-state index < -0.39 is 18.0 Å². The number of hydrogen-bond donors (Lipinski definition) is 2. The monoisotopic (exact) mass is 188 g/mol. The Labute approximate surface area is 75.3 Å². The van der Waals surface area contributed by atoms with Gasteiger partial charge in [-0.05, 0) is 12.3 Å². The Balaban J connectivity index is 2.43. The van der Waals surface area contributed by atoms with Crippen LogP contribution in [0.5, 0.6) is 0 Å². The Morgan fingerprint density at radius 3 is 2.38 bits per heavy atom. The lowest BCUT2D eigenvalue weighted by Gasteiger charge is -2.13. The lowest BCUT2D eigenvalue weighted by atomic mass is 9.96. The summed E-state index contributed by atoms with van der Waals surface area (Å²) >= 11 is 0. The summed E-state index contributed by atoms with van der Waals surface area (Å²) in [6.45, 7) is 0.468. The fourth-order valence-electron chi connectivity index (χ4n) is 1.55. The molecule has 0 saturated carbocycles. The van der Waals surface area contributed by atoms with Crippen molar-refractivity contribution in [2.75, 3.05) is 6.61 Å². The molecule has 2 N–H and O–H groups in total. The number of carbonyl (C=O) groups is 2. The van der Waals surface area contributed by atoms with E-state index in [0.717, 1.165) is 0 Å². The molecule has 5 nitrogen and oxygen atoms in total. The van der Waals surface area contributed by atoms with Crippen LogP contribution in [0, 0.1) is 5.92 Å². The molecule has 2 unspecified atom stereocenters. The van der Waals surface area contributed by atoms with Crippen molar-refractivity contribution in [1.29, 1.82) is 0 Å². The van der Waals surface area contributed by atoms with Crippen LogP contribution in [-0.4, -0.2) is 34.9 Å². The smallest absolute Gasteiger partial charge is 0.305 e. The molecule has 1 saturated heterocycles. The first-order valence-corrected chi connectivity index (χ1v) is 4.15. The van der Waals surface area contributed by atoms with Gasteiger partial charge in [-0.15, -0.1) is 0 Å². The largest absolute Gasteiger partial charge is 0.481 e. The van der Waals surface area contributed by atoms with Gasteiger partial charge in [-0.2, -0.15) is 0 Å². The Morgan fingerprint density at radius 2 is 1.85 bits per heavy atom. The van der Waals surface area contributed by atoms with Crippen molar-refractivity contribution in [3.8, 4) is 0 Å². The minimum atomic E-state index is -0.942. The molecule has 0 aromatic carbocycles. The second-order valence-corrected chi connectivity index (χ2v) is 3.15. The van der Waals surface area contributed by atoms with Gasteiger partial charge in [0.25, 0.3) is 0 Å². The van der Waals surface area contributed by atoms with Crippen LogP contribution in [0.4, 0.5) is 0 Å². The molecule has 0 aliphatic carbocycles. The quantitative estimate of drug-likeness (QED) is 0.664. The summed E-state index contributed by atoms with van der Waals surface area (Å²) in [6.07, 6.45) is 0.119. The molecule has 1 rings (SSSR count). The van der Waals surface area contributed by atoms with Gasteiger partial charge in [-0.1, -0.05) is 0 Å². The van der Waals surface area contributed by atoms with Crippen LogP contribution in [0.2, 0.25) is 0 Å². The normalized spacial score (nSPS) is 27.4. The maximum atomic E-state index is 10.4. The minimum Gasteiger partial charge on any atom is -0.481 e. The fraction of sp³-hybridized carbons (Fsp3) is 0.750. The Morgan fingerprint density at radius 1 is 1.23 bits per heavy atom. The second-order valence-electron chi connectivity index (χ2n) is 3.15. The first-order chi connectivity index (χ1) is 6.09. The van der Waals surface area contributed by atoms with Crippen molar-refractivity contribution in [1.82, 2.24) is 0 Å². The first-order valence-electron chi connectivity index (χ1n) is 4.15. The lowest BCUT2D eigenvalue weighted by Crippen LogP contribution is -2.22. The van der Waals surface area contributed by atoms with Crippen LogP contribution in [-0.2, 0) is 14.3 Å². The van der Waals surface area contributed by atoms with Gasteiger partial charge < -0.3 is 14.9 Å². The van der Waals surface area contributed by atoms with Gasteiger partial charge in [0.15, 0.2) is 0 Å². The molecule has 1 heterocycles. The zero-order valence-corrected chi connectivity index (χ0v) is 7.10. The Bertz CT molecular complexity index is 191. The molecule has 1 aliphatic heterocycles. The highest BCUT2D eigenvalue weighted by Gasteiger charge is 2.31. The van der Waals surface area contributed by atoms with E-state index in [0.29, 0.717) is 13.0 Å². The molecular weight excluding hydrogens is 176 g/mol. The lowest BCUT2D eigenvalue weighted by molar-refractivity contribution is -0.142. The summed E-state index contributed by atoms with van der Waals surface area (Å²) in [5, 5.41) is 17.0. The molecular formula is C8H12O5. The third-order valence-electron chi connectivity index (χ3n) is 2.16. The minimum absolute atomic E-state index is 0.00204. The summed E-state index contributed by atoms with van der Waals surface area (Å²) in [5.41, 5.74) is 0. The maximum absolute atomic E-state index is 10.4. The van der Waals surface area contributed by atoms with E-state index in [9.17, 15) is 9.59 Å². The van der Waals surface area contributed by atoms with E-state index in [-0.39, 0.29) is 18.8 Å². The summed E-state index contributed by atoms with van der Waals surface area (Å²) in [4.78, 5) is 20.7. The number of hydrogen-bond acceptors (Lipinski definition) is 3. The van der Waals surface area contributed by atoms with Crippen LogP contribution in [0.15, 0.2) is 0 Å². The molecule has 0 aromatic rings. The highest BCUT2D eigenvalue weighted by atomic mass is 16.5.